The van der Waals surface area contributed by atoms with Crippen LogP contribution in [0.3, 0.4) is 0 Å². The van der Waals surface area contributed by atoms with Gasteiger partial charge < -0.3 is 15.4 Å². The lowest BCUT2D eigenvalue weighted by Crippen LogP contribution is -2.59. The maximum Gasteiger partial charge on any atom is 0.220 e. The number of fused-ring (bicyclic) bond motifs is 1. The summed E-state index contributed by atoms with van der Waals surface area (Å²) >= 11 is 0. The van der Waals surface area contributed by atoms with E-state index in [4.69, 9.17) is 10.7 Å². The number of hydrogen-bond donors (Lipinski definition) is 4. The highest BCUT2D eigenvalue weighted by molar-refractivity contribution is 5.77. The smallest absolute Gasteiger partial charge is 0.220 e. The van der Waals surface area contributed by atoms with Crippen LogP contribution in [0.1, 0.15) is 25.3 Å². The molecule has 0 spiro atoms. The minimum atomic E-state index is -1.38. The lowest BCUT2D eigenvalue weighted by atomic mass is 9.74. The van der Waals surface area contributed by atoms with Crippen molar-refractivity contribution in [1.82, 2.24) is 40.2 Å². The Kier molecular flexibility index (Phi) is 7.17. The largest absolute Gasteiger partial charge is 0.387 e. The average molecular weight is 584 g/mol. The number of anilines is 1. The molecule has 5 N–H and O–H groups in total. The first-order valence-electron chi connectivity index (χ1n) is 14.6. The highest BCUT2D eigenvalue weighted by Gasteiger charge is 2.59. The molecule has 2 saturated carbocycles. The number of hydrogen-bond acceptors (Lipinski definition) is 9. The molecule has 1 aromatic carbocycles. The molecule has 13 heteroatoms. The standard InChI is InChI=1S/C29H36F3N9O/c30-18-3-1-17(2-4-18)25-27(24-7-8-35-28(33)38-24)41(16-36-25)26-20-10-39(11-21(20)26)12-29(42,13-40-15-34-14-37-40)22-6-5-19(31)9-23(22)32/h1-4,7-8,16,19-23,26,34,37,42H,5-6,9-15H2,(H2,33,35,38)/t19?,20-,21+,22?,23?,26?,29-/m1/s1. The fraction of sp³-hybridized carbons (Fsp3) is 0.552. The predicted molar refractivity (Wildman–Crippen MR) is 150 cm³/mol. The third-order valence-electron chi connectivity index (χ3n) is 9.46. The lowest BCUT2D eigenvalue weighted by molar-refractivity contribution is -0.109. The number of nitrogens with one attached hydrogen (secondary N) is 2. The Morgan fingerprint density at radius 2 is 1.83 bits per heavy atom. The van der Waals surface area contributed by atoms with Crippen LogP contribution in [-0.2, 0) is 0 Å². The molecule has 2 aliphatic heterocycles. The van der Waals surface area contributed by atoms with Crippen LogP contribution in [-0.4, -0.2) is 92.0 Å². The molecule has 224 valence electrons. The highest BCUT2D eigenvalue weighted by atomic mass is 19.1. The average Bonchev–Trinajstić information content (AvgIpc) is 3.42. The zero-order valence-electron chi connectivity index (χ0n) is 23.2. The number of aliphatic hydroxyl groups is 1. The second kappa shape index (κ2) is 10.9. The van der Waals surface area contributed by atoms with Crippen LogP contribution in [0.4, 0.5) is 19.1 Å². The van der Waals surface area contributed by atoms with Crippen LogP contribution >= 0.6 is 0 Å². The normalized spacial score (nSPS) is 31.2. The van der Waals surface area contributed by atoms with E-state index < -0.39 is 23.9 Å². The van der Waals surface area contributed by atoms with Crippen LogP contribution in [0.2, 0.25) is 0 Å². The summed E-state index contributed by atoms with van der Waals surface area (Å²) in [6, 6.07) is 8.18. The van der Waals surface area contributed by atoms with Crippen molar-refractivity contribution in [1.29, 1.82) is 0 Å². The Hall–Kier alpha value is -3.10. The first-order chi connectivity index (χ1) is 20.3. The molecule has 3 aromatic rings. The summed E-state index contributed by atoms with van der Waals surface area (Å²) in [6.45, 7) is 3.22. The minimum Gasteiger partial charge on any atom is -0.387 e. The Labute approximate surface area is 242 Å². The van der Waals surface area contributed by atoms with Crippen molar-refractivity contribution in [2.45, 2.75) is 43.2 Å². The van der Waals surface area contributed by atoms with Gasteiger partial charge in [-0.1, -0.05) is 0 Å². The van der Waals surface area contributed by atoms with Crippen molar-refractivity contribution in [3.05, 3.63) is 48.7 Å². The van der Waals surface area contributed by atoms with Gasteiger partial charge in [-0.2, -0.15) is 0 Å². The molecule has 7 atom stereocenters. The van der Waals surface area contributed by atoms with Gasteiger partial charge in [0, 0.05) is 56.3 Å². The van der Waals surface area contributed by atoms with E-state index in [9.17, 15) is 13.9 Å². The van der Waals surface area contributed by atoms with Crippen LogP contribution < -0.4 is 16.5 Å². The van der Waals surface area contributed by atoms with Crippen LogP contribution in [0, 0.1) is 23.6 Å². The van der Waals surface area contributed by atoms with E-state index in [1.165, 1.54) is 12.1 Å². The maximum atomic E-state index is 15.2. The van der Waals surface area contributed by atoms with Crippen molar-refractivity contribution in [3.8, 4) is 22.6 Å². The second-order valence-electron chi connectivity index (χ2n) is 12.2. The van der Waals surface area contributed by atoms with E-state index in [0.29, 0.717) is 49.5 Å². The maximum absolute atomic E-state index is 15.2. The van der Waals surface area contributed by atoms with Gasteiger partial charge in [0.25, 0.3) is 0 Å². The predicted octanol–water partition coefficient (Wildman–Crippen LogP) is 2.36. The van der Waals surface area contributed by atoms with E-state index in [1.54, 1.807) is 24.4 Å². The number of nitrogens with two attached hydrogens (primary N) is 1. The zero-order valence-corrected chi connectivity index (χ0v) is 23.2. The molecule has 10 nitrogen and oxygen atoms in total. The number of imidazole rings is 1. The molecule has 4 heterocycles. The lowest BCUT2D eigenvalue weighted by Gasteiger charge is -2.44. The molecule has 7 rings (SSSR count). The van der Waals surface area contributed by atoms with E-state index in [1.807, 2.05) is 11.3 Å². The molecule has 4 unspecified atom stereocenters. The number of alkyl halides is 2. The van der Waals surface area contributed by atoms with Gasteiger partial charge in [0.1, 0.15) is 18.2 Å². The summed E-state index contributed by atoms with van der Waals surface area (Å²) < 4.78 is 45.0. The summed E-state index contributed by atoms with van der Waals surface area (Å²) in [4.78, 5) is 15.5. The van der Waals surface area contributed by atoms with Crippen molar-refractivity contribution in [2.75, 3.05) is 45.3 Å². The molecule has 2 aliphatic carbocycles. The Balaban J connectivity index is 1.11. The number of rotatable bonds is 8. The molecule has 42 heavy (non-hydrogen) atoms. The third-order valence-corrected chi connectivity index (χ3v) is 9.46. The van der Waals surface area contributed by atoms with Gasteiger partial charge in [-0.25, -0.2) is 38.6 Å². The molecule has 0 bridgehead atoms. The fourth-order valence-electron chi connectivity index (χ4n) is 7.49. The zero-order chi connectivity index (χ0) is 29.0. The quantitative estimate of drug-likeness (QED) is 0.317. The second-order valence-corrected chi connectivity index (χ2v) is 12.2. The number of benzene rings is 1. The number of hydrazine groups is 1. The third kappa shape index (κ3) is 5.17. The number of nitrogens with zero attached hydrogens (tertiary/aromatic N) is 6. The van der Waals surface area contributed by atoms with Crippen molar-refractivity contribution >= 4 is 5.95 Å². The van der Waals surface area contributed by atoms with Gasteiger partial charge in [-0.15, -0.1) is 0 Å². The van der Waals surface area contributed by atoms with Crippen molar-refractivity contribution in [3.63, 3.8) is 0 Å². The Morgan fingerprint density at radius 1 is 1.05 bits per heavy atom. The number of β-amino-alcohol motifs (C(OH)–C–C–N with tert-alkyl or cyclic N) is 1. The topological polar surface area (TPSA) is 120 Å². The first kappa shape index (κ1) is 27.7. The van der Waals surface area contributed by atoms with E-state index in [0.717, 1.165) is 24.3 Å². The number of aromatic nitrogens is 4. The fourth-order valence-corrected chi connectivity index (χ4v) is 7.49. The van der Waals surface area contributed by atoms with Gasteiger partial charge in [0.15, 0.2) is 0 Å². The van der Waals surface area contributed by atoms with Crippen LogP contribution in [0.15, 0.2) is 42.9 Å². The monoisotopic (exact) mass is 583 g/mol. The van der Waals surface area contributed by atoms with Gasteiger partial charge in [0.05, 0.1) is 42.3 Å². The van der Waals surface area contributed by atoms with Crippen molar-refractivity contribution < 1.29 is 18.3 Å². The molecular weight excluding hydrogens is 547 g/mol. The molecule has 2 saturated heterocycles. The van der Waals surface area contributed by atoms with Gasteiger partial charge >= 0.3 is 0 Å². The van der Waals surface area contributed by atoms with Crippen LogP contribution in [0.5, 0.6) is 0 Å². The summed E-state index contributed by atoms with van der Waals surface area (Å²) in [6.07, 6.45) is 1.35. The first-order valence-corrected chi connectivity index (χ1v) is 14.6. The highest BCUT2D eigenvalue weighted by Crippen LogP contribution is 2.57. The van der Waals surface area contributed by atoms with Crippen molar-refractivity contribution in [2.24, 2.45) is 17.8 Å². The summed E-state index contributed by atoms with van der Waals surface area (Å²) in [5, 5.41) is 17.0. The molecular formula is C29H36F3N9O. The Morgan fingerprint density at radius 3 is 2.52 bits per heavy atom. The molecule has 4 fully saturated rings. The molecule has 4 aliphatic rings. The number of nitrogen functional groups attached to an aromatic ring is 1. The van der Waals surface area contributed by atoms with Crippen LogP contribution in [0.25, 0.3) is 22.6 Å². The van der Waals surface area contributed by atoms with E-state index in [-0.39, 0.29) is 37.2 Å². The van der Waals surface area contributed by atoms with Gasteiger partial charge in [-0.05, 0) is 55.0 Å². The number of likely N-dealkylation sites (tertiary alicyclic amines) is 1. The number of piperidine rings is 1. The Bertz CT molecular complexity index is 1410. The van der Waals surface area contributed by atoms with Gasteiger partial charge in [0.2, 0.25) is 5.95 Å². The molecule has 0 amide bonds. The summed E-state index contributed by atoms with van der Waals surface area (Å²) in [5.74, 6) is -0.159. The molecule has 2 aromatic heterocycles. The van der Waals surface area contributed by atoms with E-state index in [2.05, 4.69) is 30.2 Å². The summed E-state index contributed by atoms with van der Waals surface area (Å²) in [5.41, 5.74) is 10.7. The number of halogens is 3. The van der Waals surface area contributed by atoms with Gasteiger partial charge in [-0.3, -0.25) is 10.2 Å². The van der Waals surface area contributed by atoms with E-state index >= 15 is 4.39 Å². The SMILES string of the molecule is Nc1nccc(-c2c(-c3ccc(F)cc3)ncn2C2[C@H]3CN(C[C@@](O)(CN4CNCN4)C4CCC(F)CC4F)C[C@@H]23)n1. The molecule has 0 radical (unpaired) electrons. The summed E-state index contributed by atoms with van der Waals surface area (Å²) in [7, 11) is 0. The minimum absolute atomic E-state index is 0.153.